The third kappa shape index (κ3) is 42.1. The van der Waals surface area contributed by atoms with Crippen molar-refractivity contribution < 1.29 is 47.8 Å². The van der Waals surface area contributed by atoms with E-state index in [9.17, 15) is 34.1 Å². The van der Waals surface area contributed by atoms with E-state index in [-0.39, 0.29) is 12.8 Å². The third-order valence-electron chi connectivity index (χ3n) is 8.16. The lowest BCUT2D eigenvalue weighted by Crippen LogP contribution is -2.43. The Morgan fingerprint density at radius 2 is 0.887 bits per heavy atom. The van der Waals surface area contributed by atoms with Crippen molar-refractivity contribution in [3.8, 4) is 0 Å². The summed E-state index contributed by atoms with van der Waals surface area (Å²) in [5.74, 6) is -2.62. The number of carbonyl (C=O) groups is 3. The van der Waals surface area contributed by atoms with Crippen LogP contribution in [-0.2, 0) is 32.7 Å². The predicted molar refractivity (Wildman–Crippen MR) is 253 cm³/mol. The van der Waals surface area contributed by atoms with E-state index >= 15 is 0 Å². The molecule has 0 saturated carbocycles. The maximum absolute atomic E-state index is 12.3. The minimum absolute atomic E-state index is 0.0243. The van der Waals surface area contributed by atoms with Crippen LogP contribution >= 0.6 is 7.82 Å². The number of carboxylic acid groups (broad SMARTS) is 1. The van der Waals surface area contributed by atoms with Gasteiger partial charge in [-0.25, -0.2) is 9.36 Å². The highest BCUT2D eigenvalue weighted by Gasteiger charge is 2.28. The average Bonchev–Trinajstić information content (AvgIpc) is 3.25. The van der Waals surface area contributed by atoms with Gasteiger partial charge in [0.2, 0.25) is 5.91 Å². The molecule has 0 saturated heterocycles. The number of nitrogens with one attached hydrogen (secondary N) is 1. The second-order valence-electron chi connectivity index (χ2n) is 13.8. The summed E-state index contributed by atoms with van der Waals surface area (Å²) < 4.78 is 26.7. The van der Waals surface area contributed by atoms with Crippen LogP contribution in [0.4, 0.5) is 0 Å². The normalized spacial score (nSPS) is 15.0. The number of ether oxygens (including phenoxy) is 1. The van der Waals surface area contributed by atoms with Gasteiger partial charge in [-0.2, -0.15) is 0 Å². The number of carbonyl (C=O) groups excluding carboxylic acids is 2. The second kappa shape index (κ2) is 43.0. The Balaban J connectivity index is 4.13. The maximum atomic E-state index is 12.3. The van der Waals surface area contributed by atoms with E-state index in [1.54, 1.807) is 6.08 Å². The molecule has 0 aromatic rings. The molecule has 4 N–H and O–H groups in total. The molecular weight excluding hydrogens is 806 g/mol. The molecule has 3 unspecified atom stereocenters. The summed E-state index contributed by atoms with van der Waals surface area (Å²) in [5, 5.41) is 21.8. The molecule has 62 heavy (non-hydrogen) atoms. The smallest absolute Gasteiger partial charge is 0.472 e. The number of hydrogen-bond donors (Lipinski definition) is 4. The van der Waals surface area contributed by atoms with Gasteiger partial charge in [-0.3, -0.25) is 18.6 Å². The van der Waals surface area contributed by atoms with E-state index < -0.39 is 57.6 Å². The highest BCUT2D eigenvalue weighted by atomic mass is 31.2. The molecule has 344 valence electrons. The second-order valence-corrected chi connectivity index (χ2v) is 15.2. The van der Waals surface area contributed by atoms with Gasteiger partial charge in [-0.15, -0.1) is 0 Å². The van der Waals surface area contributed by atoms with E-state index in [0.29, 0.717) is 19.3 Å². The van der Waals surface area contributed by atoms with E-state index in [2.05, 4.69) is 129 Å². The Morgan fingerprint density at radius 3 is 1.27 bits per heavy atom. The van der Waals surface area contributed by atoms with Gasteiger partial charge in [0.05, 0.1) is 19.6 Å². The lowest BCUT2D eigenvalue weighted by molar-refractivity contribution is -0.146. The minimum Gasteiger partial charge on any atom is -0.480 e. The summed E-state index contributed by atoms with van der Waals surface area (Å²) in [6, 6.07) is -1.60. The number of amides is 1. The standard InChI is InChI=1S/C50H74NO10P/c1-3-5-7-9-11-13-15-17-19-21-22-23-24-26-28-30-32-34-36-38-40-42-49(54)59-43-46(52)44-60-62(57,58)61-45-47(50(55)56)51-48(53)41-39-37-35-33-31-29-27-25-20-18-16-14-12-10-8-6-4-2/h5-8,11-14,17-20,22-23,26-29,32-35,38,40,46-47,52H,3-4,9-10,15-16,21,24-25,30-31,36-37,39,41-45H2,1-2H3,(H,51,53)(H,55,56)(H,57,58)/b7-5-,8-6-,13-11-,14-12-,19-17-,20-18-,23-22-,28-26-,29-27-,34-32-,35-33-,40-38-. The number of allylic oxidation sites excluding steroid dienone is 23. The Bertz CT molecular complexity index is 1600. The first-order valence-electron chi connectivity index (χ1n) is 21.9. The van der Waals surface area contributed by atoms with Crippen molar-refractivity contribution in [3.05, 3.63) is 146 Å². The highest BCUT2D eigenvalue weighted by molar-refractivity contribution is 7.47. The van der Waals surface area contributed by atoms with Gasteiger partial charge >= 0.3 is 19.8 Å². The topological polar surface area (TPSA) is 169 Å². The molecule has 0 spiro atoms. The zero-order valence-corrected chi connectivity index (χ0v) is 38.0. The van der Waals surface area contributed by atoms with Crippen LogP contribution in [0.5, 0.6) is 0 Å². The number of aliphatic hydroxyl groups is 1. The molecule has 0 bridgehead atoms. The molecule has 0 aliphatic heterocycles. The Hall–Kier alpha value is -4.64. The lowest BCUT2D eigenvalue weighted by atomic mass is 10.2. The van der Waals surface area contributed by atoms with E-state index in [0.717, 1.165) is 70.6 Å². The number of carboxylic acids is 1. The van der Waals surface area contributed by atoms with Crippen molar-refractivity contribution in [2.75, 3.05) is 19.8 Å². The molecule has 0 fully saturated rings. The van der Waals surface area contributed by atoms with Crippen LogP contribution in [0.25, 0.3) is 0 Å². The first-order valence-corrected chi connectivity index (χ1v) is 23.4. The van der Waals surface area contributed by atoms with Gasteiger partial charge in [0, 0.05) is 6.42 Å². The quantitative estimate of drug-likeness (QED) is 0.0203. The van der Waals surface area contributed by atoms with E-state index in [1.165, 1.54) is 0 Å². The molecule has 0 radical (unpaired) electrons. The summed E-state index contributed by atoms with van der Waals surface area (Å²) in [6.45, 7) is 2.19. The largest absolute Gasteiger partial charge is 0.480 e. The van der Waals surface area contributed by atoms with Crippen molar-refractivity contribution in [1.82, 2.24) is 5.32 Å². The van der Waals surface area contributed by atoms with Crippen LogP contribution in [0.15, 0.2) is 146 Å². The Morgan fingerprint density at radius 1 is 0.532 bits per heavy atom. The van der Waals surface area contributed by atoms with Crippen LogP contribution in [0.3, 0.4) is 0 Å². The van der Waals surface area contributed by atoms with Gasteiger partial charge < -0.3 is 25.2 Å². The van der Waals surface area contributed by atoms with Crippen molar-refractivity contribution in [1.29, 1.82) is 0 Å². The van der Waals surface area contributed by atoms with Gasteiger partial charge in [-0.1, -0.05) is 160 Å². The van der Waals surface area contributed by atoms with Crippen LogP contribution in [0.1, 0.15) is 117 Å². The number of unbranched alkanes of at least 4 members (excludes halogenated alkanes) is 1. The fourth-order valence-electron chi connectivity index (χ4n) is 4.84. The van der Waals surface area contributed by atoms with Gasteiger partial charge in [0.25, 0.3) is 0 Å². The van der Waals surface area contributed by atoms with Crippen molar-refractivity contribution in [2.45, 2.75) is 129 Å². The molecule has 0 aromatic heterocycles. The summed E-state index contributed by atoms with van der Waals surface area (Å²) in [7, 11) is -4.81. The van der Waals surface area contributed by atoms with Crippen LogP contribution < -0.4 is 5.32 Å². The number of aliphatic carboxylic acids is 1. The molecule has 0 heterocycles. The molecular formula is C50H74NO10P. The number of phosphoric acid groups is 1. The molecule has 3 atom stereocenters. The van der Waals surface area contributed by atoms with Crippen molar-refractivity contribution in [2.24, 2.45) is 0 Å². The van der Waals surface area contributed by atoms with Crippen molar-refractivity contribution >= 4 is 25.7 Å². The molecule has 12 heteroatoms. The summed E-state index contributed by atoms with van der Waals surface area (Å²) >= 11 is 0. The summed E-state index contributed by atoms with van der Waals surface area (Å²) in [5.41, 5.74) is 0. The van der Waals surface area contributed by atoms with Crippen LogP contribution in [0.2, 0.25) is 0 Å². The zero-order chi connectivity index (χ0) is 45.6. The molecule has 1 amide bonds. The third-order valence-corrected chi connectivity index (χ3v) is 9.11. The van der Waals surface area contributed by atoms with E-state index in [1.807, 2.05) is 30.4 Å². The minimum atomic E-state index is -4.81. The van der Waals surface area contributed by atoms with Gasteiger partial charge in [0.1, 0.15) is 12.7 Å². The summed E-state index contributed by atoms with van der Waals surface area (Å²) in [4.78, 5) is 45.8. The highest BCUT2D eigenvalue weighted by Crippen LogP contribution is 2.43. The molecule has 11 nitrogen and oxygen atoms in total. The number of esters is 1. The zero-order valence-electron chi connectivity index (χ0n) is 37.1. The first-order chi connectivity index (χ1) is 30.1. The first kappa shape index (κ1) is 57.4. The fourth-order valence-corrected chi connectivity index (χ4v) is 5.62. The van der Waals surface area contributed by atoms with E-state index in [4.69, 9.17) is 13.8 Å². The Kier molecular flexibility index (Phi) is 39.8. The van der Waals surface area contributed by atoms with Crippen LogP contribution in [0, 0.1) is 0 Å². The SMILES string of the molecule is CC/C=C\C/C=C\C/C=C\C/C=C\C/C=C\C/C=C\C/C=C\CC(=O)OCC(O)COP(=O)(O)OCC(NC(=O)CCC/C=C\C/C=C\C/C=C\C/C=C\C/C=C\CC)C(=O)O. The number of aliphatic hydroxyl groups excluding tert-OH is 1. The van der Waals surface area contributed by atoms with Gasteiger partial charge in [0.15, 0.2) is 6.04 Å². The lowest BCUT2D eigenvalue weighted by Gasteiger charge is -2.18. The number of rotatable bonds is 38. The Labute approximate surface area is 372 Å². The number of phosphoric ester groups is 1. The molecule has 0 aliphatic rings. The average molecular weight is 880 g/mol. The number of hydrogen-bond acceptors (Lipinski definition) is 8. The fraction of sp³-hybridized carbons (Fsp3) is 0.460. The van der Waals surface area contributed by atoms with Crippen LogP contribution in [-0.4, -0.2) is 64.9 Å². The monoisotopic (exact) mass is 880 g/mol. The molecule has 0 rings (SSSR count). The molecule has 0 aliphatic carbocycles. The van der Waals surface area contributed by atoms with Gasteiger partial charge in [-0.05, 0) is 89.9 Å². The summed E-state index contributed by atoms with van der Waals surface area (Å²) in [6.07, 6.45) is 60.5. The predicted octanol–water partition coefficient (Wildman–Crippen LogP) is 11.5. The van der Waals surface area contributed by atoms with Crippen molar-refractivity contribution in [3.63, 3.8) is 0 Å². The maximum Gasteiger partial charge on any atom is 0.472 e. The molecule has 0 aromatic carbocycles.